The van der Waals surface area contributed by atoms with Crippen LogP contribution in [0, 0.1) is 0 Å². The van der Waals surface area contributed by atoms with E-state index in [2.05, 4.69) is 15.3 Å². The molecule has 2 aliphatic heterocycles. The summed E-state index contributed by atoms with van der Waals surface area (Å²) in [6.07, 6.45) is 1.70. The predicted octanol–water partition coefficient (Wildman–Crippen LogP) is 3.24. The highest BCUT2D eigenvalue weighted by atomic mass is 16.5. The Bertz CT molecular complexity index is 1110. The van der Waals surface area contributed by atoms with Gasteiger partial charge in [-0.25, -0.2) is 9.80 Å². The highest BCUT2D eigenvalue weighted by molar-refractivity contribution is 6.04. The van der Waals surface area contributed by atoms with Crippen molar-refractivity contribution in [2.75, 3.05) is 45.8 Å². The number of methoxy groups -OCH3 is 2. The SMILES string of the molecule is COc1ccc(C2=NN(Cc3ccc(NC(=O)OCCN4CCC(O)CC4)cc3)C(=O)CC2)cc1OC. The Morgan fingerprint density at radius 1 is 1.05 bits per heavy atom. The van der Waals surface area contributed by atoms with E-state index in [0.29, 0.717) is 43.1 Å². The first-order valence-electron chi connectivity index (χ1n) is 12.5. The number of benzene rings is 2. The first-order chi connectivity index (χ1) is 17.9. The molecule has 0 aliphatic carbocycles. The van der Waals surface area contributed by atoms with E-state index in [1.807, 2.05) is 30.3 Å². The van der Waals surface area contributed by atoms with Crippen LogP contribution < -0.4 is 14.8 Å². The molecule has 0 radical (unpaired) electrons. The summed E-state index contributed by atoms with van der Waals surface area (Å²) >= 11 is 0. The summed E-state index contributed by atoms with van der Waals surface area (Å²) in [4.78, 5) is 26.8. The number of hydrogen-bond acceptors (Lipinski definition) is 8. The van der Waals surface area contributed by atoms with Gasteiger partial charge in [-0.3, -0.25) is 15.0 Å². The fourth-order valence-corrected chi connectivity index (χ4v) is 4.38. The van der Waals surface area contributed by atoms with Crippen molar-refractivity contribution in [3.8, 4) is 11.5 Å². The maximum Gasteiger partial charge on any atom is 0.411 e. The number of hydrogen-bond donors (Lipinski definition) is 2. The van der Waals surface area contributed by atoms with E-state index >= 15 is 0 Å². The fourth-order valence-electron chi connectivity index (χ4n) is 4.38. The number of nitrogens with zero attached hydrogens (tertiary/aromatic N) is 3. The van der Waals surface area contributed by atoms with E-state index in [9.17, 15) is 14.7 Å². The number of aliphatic hydroxyl groups excluding tert-OH is 1. The molecular formula is C27H34N4O6. The number of nitrogens with one attached hydrogen (secondary N) is 1. The number of carbonyl (C=O) groups excluding carboxylic acids is 2. The summed E-state index contributed by atoms with van der Waals surface area (Å²) in [5.74, 6) is 1.20. The Labute approximate surface area is 216 Å². The molecule has 2 aromatic carbocycles. The molecule has 0 unspecified atom stereocenters. The van der Waals surface area contributed by atoms with E-state index in [0.717, 1.165) is 42.8 Å². The second-order valence-electron chi connectivity index (χ2n) is 9.10. The number of ether oxygens (including phenoxy) is 3. The number of likely N-dealkylation sites (tertiary alicyclic amines) is 1. The quantitative estimate of drug-likeness (QED) is 0.533. The number of aliphatic hydroxyl groups is 1. The normalized spacial score (nSPS) is 16.8. The summed E-state index contributed by atoms with van der Waals surface area (Å²) in [6.45, 7) is 2.89. The van der Waals surface area contributed by atoms with Gasteiger partial charge in [0.1, 0.15) is 6.61 Å². The Kier molecular flexibility index (Phi) is 8.97. The van der Waals surface area contributed by atoms with Crippen molar-refractivity contribution in [1.82, 2.24) is 9.91 Å². The van der Waals surface area contributed by atoms with Gasteiger partial charge in [0.25, 0.3) is 0 Å². The average Bonchev–Trinajstić information content (AvgIpc) is 2.91. The van der Waals surface area contributed by atoms with Crippen LogP contribution in [0.4, 0.5) is 10.5 Å². The lowest BCUT2D eigenvalue weighted by molar-refractivity contribution is -0.132. The minimum absolute atomic E-state index is 0.0433. The topological polar surface area (TPSA) is 113 Å². The van der Waals surface area contributed by atoms with Crippen LogP contribution in [0.15, 0.2) is 47.6 Å². The fraction of sp³-hybridized carbons (Fsp3) is 0.444. The second kappa shape index (κ2) is 12.6. The standard InChI is InChI=1S/C27H34N4O6/c1-35-24-9-5-20(17-25(24)36-2)23-8-10-26(33)31(29-23)18-19-3-6-21(7-4-19)28-27(34)37-16-15-30-13-11-22(32)12-14-30/h3-7,9,17,22,32H,8,10-16,18H2,1-2H3,(H,28,34). The van der Waals surface area contributed by atoms with Gasteiger partial charge >= 0.3 is 6.09 Å². The predicted molar refractivity (Wildman–Crippen MR) is 139 cm³/mol. The van der Waals surface area contributed by atoms with Crippen molar-refractivity contribution in [2.24, 2.45) is 5.10 Å². The molecule has 10 heteroatoms. The lowest BCUT2D eigenvalue weighted by atomic mass is 10.0. The number of hydrazone groups is 1. The third kappa shape index (κ3) is 7.21. The van der Waals surface area contributed by atoms with Crippen molar-refractivity contribution >= 4 is 23.4 Å². The van der Waals surface area contributed by atoms with Crippen LogP contribution in [0.5, 0.6) is 11.5 Å². The smallest absolute Gasteiger partial charge is 0.411 e. The molecule has 0 saturated carbocycles. The van der Waals surface area contributed by atoms with E-state index in [1.54, 1.807) is 26.4 Å². The van der Waals surface area contributed by atoms with Gasteiger partial charge in [0.2, 0.25) is 5.91 Å². The van der Waals surface area contributed by atoms with Crippen LogP contribution in [0.3, 0.4) is 0 Å². The van der Waals surface area contributed by atoms with E-state index < -0.39 is 6.09 Å². The monoisotopic (exact) mass is 510 g/mol. The zero-order valence-corrected chi connectivity index (χ0v) is 21.3. The first kappa shape index (κ1) is 26.4. The number of anilines is 1. The van der Waals surface area contributed by atoms with Gasteiger partial charge in [-0.1, -0.05) is 12.1 Å². The lowest BCUT2D eigenvalue weighted by Crippen LogP contribution is -2.38. The van der Waals surface area contributed by atoms with Crippen molar-refractivity contribution in [3.63, 3.8) is 0 Å². The highest BCUT2D eigenvalue weighted by Crippen LogP contribution is 2.29. The molecule has 0 atom stereocenters. The highest BCUT2D eigenvalue weighted by Gasteiger charge is 2.22. The maximum absolute atomic E-state index is 12.5. The summed E-state index contributed by atoms with van der Waals surface area (Å²) < 4.78 is 16.0. The Hall–Kier alpha value is -3.63. The molecule has 198 valence electrons. The molecule has 2 amide bonds. The largest absolute Gasteiger partial charge is 0.493 e. The van der Waals surface area contributed by atoms with Crippen LogP contribution in [-0.4, -0.2) is 79.3 Å². The van der Waals surface area contributed by atoms with Crippen molar-refractivity contribution in [3.05, 3.63) is 53.6 Å². The third-order valence-corrected chi connectivity index (χ3v) is 6.55. The molecule has 1 saturated heterocycles. The van der Waals surface area contributed by atoms with Gasteiger partial charge < -0.3 is 19.3 Å². The molecule has 2 heterocycles. The van der Waals surface area contributed by atoms with Gasteiger partial charge in [-0.15, -0.1) is 0 Å². The Balaban J connectivity index is 1.30. The van der Waals surface area contributed by atoms with Gasteiger partial charge in [0.05, 0.1) is 32.6 Å². The molecule has 0 bridgehead atoms. The third-order valence-electron chi connectivity index (χ3n) is 6.55. The van der Waals surface area contributed by atoms with Crippen molar-refractivity contribution in [1.29, 1.82) is 0 Å². The van der Waals surface area contributed by atoms with E-state index in [1.165, 1.54) is 5.01 Å². The number of carbonyl (C=O) groups is 2. The molecule has 10 nitrogen and oxygen atoms in total. The van der Waals surface area contributed by atoms with Crippen LogP contribution in [0.1, 0.15) is 36.8 Å². The minimum Gasteiger partial charge on any atom is -0.493 e. The summed E-state index contributed by atoms with van der Waals surface area (Å²) in [7, 11) is 3.17. The van der Waals surface area contributed by atoms with Crippen LogP contribution >= 0.6 is 0 Å². The van der Waals surface area contributed by atoms with Crippen LogP contribution in [0.25, 0.3) is 0 Å². The van der Waals surface area contributed by atoms with Crippen molar-refractivity contribution < 1.29 is 28.9 Å². The molecule has 0 aromatic heterocycles. The summed E-state index contributed by atoms with van der Waals surface area (Å²) in [6, 6.07) is 12.8. The lowest BCUT2D eigenvalue weighted by Gasteiger charge is -2.29. The molecule has 2 N–H and O–H groups in total. The zero-order chi connectivity index (χ0) is 26.2. The molecule has 0 spiro atoms. The number of rotatable bonds is 9. The number of amides is 2. The molecule has 2 aliphatic rings. The zero-order valence-electron chi connectivity index (χ0n) is 21.3. The molecular weight excluding hydrogens is 476 g/mol. The summed E-state index contributed by atoms with van der Waals surface area (Å²) in [5.41, 5.74) is 3.18. The molecule has 37 heavy (non-hydrogen) atoms. The number of piperidine rings is 1. The second-order valence-corrected chi connectivity index (χ2v) is 9.10. The van der Waals surface area contributed by atoms with E-state index in [-0.39, 0.29) is 18.6 Å². The van der Waals surface area contributed by atoms with Gasteiger partial charge in [0.15, 0.2) is 11.5 Å². The molecule has 1 fully saturated rings. The van der Waals surface area contributed by atoms with Gasteiger partial charge in [0, 0.05) is 43.7 Å². The minimum atomic E-state index is -0.514. The molecule has 4 rings (SSSR count). The van der Waals surface area contributed by atoms with Gasteiger partial charge in [-0.05, 0) is 48.7 Å². The Morgan fingerprint density at radius 3 is 2.49 bits per heavy atom. The van der Waals surface area contributed by atoms with Crippen molar-refractivity contribution in [2.45, 2.75) is 38.3 Å². The Morgan fingerprint density at radius 2 is 1.78 bits per heavy atom. The molecule has 2 aromatic rings. The summed E-state index contributed by atoms with van der Waals surface area (Å²) in [5, 5.41) is 18.4. The van der Waals surface area contributed by atoms with Crippen LogP contribution in [-0.2, 0) is 16.1 Å². The first-order valence-corrected chi connectivity index (χ1v) is 12.5. The average molecular weight is 511 g/mol. The van der Waals surface area contributed by atoms with E-state index in [4.69, 9.17) is 14.2 Å². The maximum atomic E-state index is 12.5. The van der Waals surface area contributed by atoms with Crippen LogP contribution in [0.2, 0.25) is 0 Å². The van der Waals surface area contributed by atoms with Gasteiger partial charge in [-0.2, -0.15) is 5.10 Å².